The number of nitrogens with one attached hydrogen (secondary N) is 1. The molecule has 1 aromatic carbocycles. The molecule has 0 saturated heterocycles. The molecule has 5 nitrogen and oxygen atoms in total. The van der Waals surface area contributed by atoms with Crippen molar-refractivity contribution in [2.75, 3.05) is 0 Å². The van der Waals surface area contributed by atoms with Crippen molar-refractivity contribution in [1.29, 1.82) is 0 Å². The van der Waals surface area contributed by atoms with E-state index in [4.69, 9.17) is 0 Å². The average Bonchev–Trinajstić information content (AvgIpc) is 2.78. The maximum atomic E-state index is 13.1. The summed E-state index contributed by atoms with van der Waals surface area (Å²) in [6, 6.07) is 3.69. The molecule has 0 spiro atoms. The van der Waals surface area contributed by atoms with Crippen molar-refractivity contribution in [3.05, 3.63) is 61.7 Å². The van der Waals surface area contributed by atoms with Crippen LogP contribution in [-0.4, -0.2) is 20.5 Å². The zero-order valence-electron chi connectivity index (χ0n) is 14.9. The molecule has 0 saturated carbocycles. The van der Waals surface area contributed by atoms with Gasteiger partial charge in [-0.05, 0) is 57.4 Å². The van der Waals surface area contributed by atoms with Gasteiger partial charge >= 0.3 is 0 Å². The lowest BCUT2D eigenvalue weighted by atomic mass is 9.92. The maximum Gasteiger partial charge on any atom is 0.277 e. The van der Waals surface area contributed by atoms with Gasteiger partial charge in [-0.25, -0.2) is 0 Å². The number of aromatic amines is 1. The Morgan fingerprint density at radius 3 is 2.33 bits per heavy atom. The van der Waals surface area contributed by atoms with Crippen LogP contribution in [0.25, 0.3) is 10.9 Å². The number of aryl methyl sites for hydroxylation is 5. The topological polar surface area (TPSA) is 67.8 Å². The van der Waals surface area contributed by atoms with E-state index in [-0.39, 0.29) is 16.9 Å². The summed E-state index contributed by atoms with van der Waals surface area (Å²) in [5, 5.41) is 3.73. The van der Waals surface area contributed by atoms with Gasteiger partial charge in [-0.2, -0.15) is 0 Å². The SMILES string of the molecule is Cc1nc2c(C)ccc(C(=O)c3c(C)[nH]n(C)c3=O)c2c(C)c1C. The van der Waals surface area contributed by atoms with Gasteiger partial charge in [0.1, 0.15) is 5.56 Å². The van der Waals surface area contributed by atoms with Gasteiger partial charge in [0, 0.05) is 29.4 Å². The first-order valence-electron chi connectivity index (χ1n) is 7.91. The van der Waals surface area contributed by atoms with Crippen LogP contribution in [0, 0.1) is 34.6 Å². The van der Waals surface area contributed by atoms with Crippen LogP contribution in [-0.2, 0) is 7.05 Å². The van der Waals surface area contributed by atoms with E-state index in [1.165, 1.54) is 4.68 Å². The first-order valence-corrected chi connectivity index (χ1v) is 7.91. The minimum Gasteiger partial charge on any atom is -0.299 e. The number of carbonyl (C=O) groups excluding carboxylic acids is 1. The molecule has 0 amide bonds. The zero-order valence-corrected chi connectivity index (χ0v) is 14.9. The second-order valence-electron chi connectivity index (χ2n) is 6.41. The minimum absolute atomic E-state index is 0.195. The van der Waals surface area contributed by atoms with Crippen LogP contribution >= 0.6 is 0 Å². The second kappa shape index (κ2) is 5.44. The maximum absolute atomic E-state index is 13.1. The molecule has 0 bridgehead atoms. The molecular weight excluding hydrogens is 302 g/mol. The standard InChI is InChI=1S/C19H21N3O2/c1-9-7-8-14(15-11(3)10(2)12(4)20-17(9)15)18(23)16-13(5)21-22(6)19(16)24/h7-8,21H,1-6H3. The van der Waals surface area contributed by atoms with Crippen LogP contribution in [0.2, 0.25) is 0 Å². The lowest BCUT2D eigenvalue weighted by Gasteiger charge is -2.14. The quantitative estimate of drug-likeness (QED) is 0.737. The third kappa shape index (κ3) is 2.19. The molecule has 124 valence electrons. The van der Waals surface area contributed by atoms with Gasteiger partial charge in [0.05, 0.1) is 5.52 Å². The van der Waals surface area contributed by atoms with Crippen LogP contribution in [0.15, 0.2) is 16.9 Å². The van der Waals surface area contributed by atoms with E-state index in [1.807, 2.05) is 33.8 Å². The third-order valence-electron chi connectivity index (χ3n) is 4.84. The van der Waals surface area contributed by atoms with Crippen molar-refractivity contribution in [2.24, 2.45) is 7.05 Å². The molecular formula is C19H21N3O2. The molecule has 0 aliphatic heterocycles. The number of ketones is 1. The molecule has 1 N–H and O–H groups in total. The number of fused-ring (bicyclic) bond motifs is 1. The third-order valence-corrected chi connectivity index (χ3v) is 4.84. The van der Waals surface area contributed by atoms with Crippen LogP contribution < -0.4 is 5.56 Å². The molecule has 2 aromatic heterocycles. The summed E-state index contributed by atoms with van der Waals surface area (Å²) in [5.74, 6) is -0.257. The number of benzene rings is 1. The Balaban J connectivity index is 2.39. The number of rotatable bonds is 2. The number of aromatic nitrogens is 3. The highest BCUT2D eigenvalue weighted by molar-refractivity contribution is 6.17. The molecule has 0 unspecified atom stereocenters. The second-order valence-corrected chi connectivity index (χ2v) is 6.41. The summed E-state index contributed by atoms with van der Waals surface area (Å²) in [4.78, 5) is 30.1. The van der Waals surface area contributed by atoms with E-state index in [1.54, 1.807) is 20.0 Å². The normalized spacial score (nSPS) is 11.2. The summed E-state index contributed by atoms with van der Waals surface area (Å²) in [7, 11) is 1.61. The largest absolute Gasteiger partial charge is 0.299 e. The number of nitrogens with zero attached hydrogens (tertiary/aromatic N) is 2. The Hall–Kier alpha value is -2.69. The van der Waals surface area contributed by atoms with Crippen molar-refractivity contribution in [2.45, 2.75) is 34.6 Å². The Kier molecular flexibility index (Phi) is 3.67. The minimum atomic E-state index is -0.305. The molecule has 0 atom stereocenters. The van der Waals surface area contributed by atoms with Crippen LogP contribution in [0.4, 0.5) is 0 Å². The van der Waals surface area contributed by atoms with Crippen molar-refractivity contribution < 1.29 is 4.79 Å². The summed E-state index contributed by atoms with van der Waals surface area (Å²) < 4.78 is 1.33. The van der Waals surface area contributed by atoms with Crippen LogP contribution in [0.3, 0.4) is 0 Å². The number of pyridine rings is 1. The molecule has 5 heteroatoms. The highest BCUT2D eigenvalue weighted by atomic mass is 16.2. The first-order chi connectivity index (χ1) is 11.2. The monoisotopic (exact) mass is 323 g/mol. The van der Waals surface area contributed by atoms with Crippen molar-refractivity contribution >= 4 is 16.7 Å². The first kappa shape index (κ1) is 16.2. The van der Waals surface area contributed by atoms with Gasteiger partial charge in [0.25, 0.3) is 5.56 Å². The summed E-state index contributed by atoms with van der Waals surface area (Å²) in [6.45, 7) is 9.71. The summed E-state index contributed by atoms with van der Waals surface area (Å²) in [6.07, 6.45) is 0. The Morgan fingerprint density at radius 1 is 1.08 bits per heavy atom. The number of H-pyrrole nitrogens is 1. The van der Waals surface area contributed by atoms with E-state index in [0.717, 1.165) is 33.3 Å². The van der Waals surface area contributed by atoms with Crippen molar-refractivity contribution in [3.63, 3.8) is 0 Å². The predicted octanol–water partition coefficient (Wildman–Crippen LogP) is 3.03. The van der Waals surface area contributed by atoms with E-state index in [2.05, 4.69) is 10.1 Å². The average molecular weight is 323 g/mol. The Labute approximate surface area is 140 Å². The molecule has 24 heavy (non-hydrogen) atoms. The molecule has 3 rings (SSSR count). The van der Waals surface area contributed by atoms with Crippen LogP contribution in [0.1, 0.15) is 44.0 Å². The predicted molar refractivity (Wildman–Crippen MR) is 94.9 cm³/mol. The fraction of sp³-hybridized carbons (Fsp3) is 0.316. The summed E-state index contributed by atoms with van der Waals surface area (Å²) >= 11 is 0. The van der Waals surface area contributed by atoms with E-state index >= 15 is 0 Å². The highest BCUT2D eigenvalue weighted by Gasteiger charge is 2.23. The smallest absolute Gasteiger partial charge is 0.277 e. The van der Waals surface area contributed by atoms with Gasteiger partial charge in [0.15, 0.2) is 0 Å². The lowest BCUT2D eigenvalue weighted by molar-refractivity contribution is 0.103. The van der Waals surface area contributed by atoms with Crippen LogP contribution in [0.5, 0.6) is 0 Å². The fourth-order valence-electron chi connectivity index (χ4n) is 3.21. The van der Waals surface area contributed by atoms with E-state index in [9.17, 15) is 9.59 Å². The van der Waals surface area contributed by atoms with Gasteiger partial charge in [0.2, 0.25) is 5.78 Å². The molecule has 0 aliphatic rings. The number of hydrogen-bond donors (Lipinski definition) is 1. The fourth-order valence-corrected chi connectivity index (χ4v) is 3.21. The molecule has 2 heterocycles. The van der Waals surface area contributed by atoms with Gasteiger partial charge < -0.3 is 0 Å². The Morgan fingerprint density at radius 2 is 1.75 bits per heavy atom. The summed E-state index contributed by atoms with van der Waals surface area (Å²) in [5.41, 5.74) is 5.91. The van der Waals surface area contributed by atoms with E-state index in [0.29, 0.717) is 11.3 Å². The zero-order chi connectivity index (χ0) is 17.8. The Bertz CT molecular complexity index is 1050. The van der Waals surface area contributed by atoms with Gasteiger partial charge in [-0.1, -0.05) is 6.07 Å². The van der Waals surface area contributed by atoms with Gasteiger partial charge in [-0.15, -0.1) is 0 Å². The van der Waals surface area contributed by atoms with E-state index < -0.39 is 0 Å². The van der Waals surface area contributed by atoms with Gasteiger partial charge in [-0.3, -0.25) is 24.4 Å². The van der Waals surface area contributed by atoms with Crippen molar-refractivity contribution in [1.82, 2.24) is 14.8 Å². The molecule has 0 radical (unpaired) electrons. The number of carbonyl (C=O) groups is 1. The highest BCUT2D eigenvalue weighted by Crippen LogP contribution is 2.29. The molecule has 0 fully saturated rings. The molecule has 0 aliphatic carbocycles. The number of hydrogen-bond acceptors (Lipinski definition) is 3. The van der Waals surface area contributed by atoms with Crippen molar-refractivity contribution in [3.8, 4) is 0 Å². The molecule has 3 aromatic rings. The lowest BCUT2D eigenvalue weighted by Crippen LogP contribution is -2.20.